The number of benzene rings is 2. The van der Waals surface area contributed by atoms with Crippen molar-refractivity contribution < 1.29 is 8.84 Å². The van der Waals surface area contributed by atoms with E-state index in [9.17, 15) is 4.91 Å². The zero-order valence-corrected chi connectivity index (χ0v) is 7.88. The molecular weight excluding hydrogens is 190 g/mol. The second kappa shape index (κ2) is 2.92. The first-order valence-electron chi connectivity index (χ1n) is 4.69. The van der Waals surface area contributed by atoms with Gasteiger partial charge in [-0.1, -0.05) is 24.3 Å². The van der Waals surface area contributed by atoms with Gasteiger partial charge in [0.2, 0.25) is 11.2 Å². The van der Waals surface area contributed by atoms with Crippen molar-refractivity contribution >= 4 is 22.2 Å². The highest BCUT2D eigenvalue weighted by molar-refractivity contribution is 5.77. The van der Waals surface area contributed by atoms with Gasteiger partial charge in [0.25, 0.3) is 0 Å². The van der Waals surface area contributed by atoms with Gasteiger partial charge in [0.15, 0.2) is 0 Å². The fourth-order valence-corrected chi connectivity index (χ4v) is 1.67. The fraction of sp³-hybridized carbons (Fsp3) is 0. The van der Waals surface area contributed by atoms with Crippen molar-refractivity contribution in [2.45, 2.75) is 0 Å². The molecule has 3 heteroatoms. The first-order chi connectivity index (χ1) is 7.36. The second-order valence-corrected chi connectivity index (χ2v) is 3.33. The molecule has 0 bridgehead atoms. The van der Waals surface area contributed by atoms with Gasteiger partial charge >= 0.3 is 11.0 Å². The normalized spacial score (nSPS) is 10.9. The number of hydrogen-bond acceptors (Lipinski definition) is 2. The molecule has 72 valence electrons. The van der Waals surface area contributed by atoms with E-state index in [1.165, 1.54) is 0 Å². The van der Waals surface area contributed by atoms with Gasteiger partial charge in [-0.05, 0) is 12.1 Å². The molecule has 0 atom stereocenters. The summed E-state index contributed by atoms with van der Waals surface area (Å²) in [5.41, 5.74) is 2.31. The lowest BCUT2D eigenvalue weighted by molar-refractivity contribution is -0.433. The maximum Gasteiger partial charge on any atom is 0.305 e. The minimum Gasteiger partial charge on any atom is -0.443 e. The van der Waals surface area contributed by atoms with Crippen molar-refractivity contribution in [3.05, 3.63) is 53.4 Å². The Balaban J connectivity index is 2.66. The highest BCUT2D eigenvalue weighted by Crippen LogP contribution is 2.15. The first-order valence-corrected chi connectivity index (χ1v) is 4.69. The molecule has 3 rings (SSSR count). The molecule has 3 aromatic rings. The van der Waals surface area contributed by atoms with Crippen LogP contribution in [-0.4, -0.2) is 0 Å². The van der Waals surface area contributed by atoms with Crippen LogP contribution in [0.1, 0.15) is 0 Å². The third kappa shape index (κ3) is 1.13. The Bertz CT molecular complexity index is 643. The van der Waals surface area contributed by atoms with Crippen LogP contribution in [0.15, 0.2) is 52.9 Å². The summed E-state index contributed by atoms with van der Waals surface area (Å²) < 4.78 is 6.50. The highest BCUT2D eigenvalue weighted by atomic mass is 16.3. The van der Waals surface area contributed by atoms with Crippen LogP contribution in [0.5, 0.6) is 0 Å². The van der Waals surface area contributed by atoms with E-state index in [2.05, 4.69) is 0 Å². The molecule has 0 radical (unpaired) electrons. The average molecular weight is 198 g/mol. The minimum absolute atomic E-state index is 0.552. The van der Waals surface area contributed by atoms with Gasteiger partial charge in [-0.2, -0.15) is 0 Å². The van der Waals surface area contributed by atoms with E-state index in [0.717, 1.165) is 4.43 Å². The monoisotopic (exact) mass is 198 g/mol. The molecule has 0 N–H and O–H groups in total. The molecule has 0 saturated carbocycles. The molecule has 0 fully saturated rings. The molecule has 0 aliphatic carbocycles. The second-order valence-electron chi connectivity index (χ2n) is 3.33. The van der Waals surface area contributed by atoms with Gasteiger partial charge in [0.05, 0.1) is 4.43 Å². The Kier molecular flexibility index (Phi) is 1.59. The lowest BCUT2D eigenvalue weighted by Gasteiger charge is -1.92. The summed E-state index contributed by atoms with van der Waals surface area (Å²) >= 11 is 0. The smallest absolute Gasteiger partial charge is 0.305 e. The average Bonchev–Trinajstić information content (AvgIpc) is 2.30. The van der Waals surface area contributed by atoms with Gasteiger partial charge in [-0.25, -0.2) is 0 Å². The molecule has 0 saturated heterocycles. The molecule has 0 unspecified atom stereocenters. The fourth-order valence-electron chi connectivity index (χ4n) is 1.67. The molecule has 0 aliphatic rings. The highest BCUT2D eigenvalue weighted by Gasteiger charge is 2.13. The molecule has 2 aromatic carbocycles. The largest absolute Gasteiger partial charge is 0.443 e. The summed E-state index contributed by atoms with van der Waals surface area (Å²) in [6.07, 6.45) is 0. The van der Waals surface area contributed by atoms with Gasteiger partial charge < -0.3 is 4.42 Å². The van der Waals surface area contributed by atoms with E-state index < -0.39 is 0 Å². The van der Waals surface area contributed by atoms with E-state index in [-0.39, 0.29) is 0 Å². The minimum atomic E-state index is 0.552. The maximum absolute atomic E-state index is 11.9. The molecule has 1 aromatic heterocycles. The summed E-state index contributed by atoms with van der Waals surface area (Å²) in [6, 6.07) is 14.4. The Morgan fingerprint density at radius 1 is 0.800 bits per heavy atom. The summed E-state index contributed by atoms with van der Waals surface area (Å²) in [4.78, 5) is 11.9. The number of fused-ring (bicyclic) bond motifs is 2. The van der Waals surface area contributed by atoms with Crippen LogP contribution in [0.3, 0.4) is 0 Å². The summed E-state index contributed by atoms with van der Waals surface area (Å²) in [5.74, 6) is 0. The molecular formula is C12H8NO2+. The molecule has 3 nitrogen and oxygen atoms in total. The van der Waals surface area contributed by atoms with E-state index in [1.807, 2.05) is 24.3 Å². The number of nitrogens with zero attached hydrogens (tertiary/aromatic N) is 1. The van der Waals surface area contributed by atoms with Gasteiger partial charge in [0.1, 0.15) is 0 Å². The SMILES string of the molecule is O=[n+]1c2ccccc2oc2ccccc21. The summed E-state index contributed by atoms with van der Waals surface area (Å²) in [6.45, 7) is 0. The predicted molar refractivity (Wildman–Crippen MR) is 57.1 cm³/mol. The van der Waals surface area contributed by atoms with E-state index in [0.29, 0.717) is 22.2 Å². The molecule has 0 spiro atoms. The lowest BCUT2D eigenvalue weighted by atomic mass is 10.3. The topological polar surface area (TPSA) is 36.1 Å². The lowest BCUT2D eigenvalue weighted by Crippen LogP contribution is -2.15. The van der Waals surface area contributed by atoms with Crippen LogP contribution in [0.25, 0.3) is 22.2 Å². The molecule has 0 aliphatic heterocycles. The van der Waals surface area contributed by atoms with Gasteiger partial charge in [0, 0.05) is 17.0 Å². The molecule has 0 amide bonds. The molecule has 15 heavy (non-hydrogen) atoms. The third-order valence-corrected chi connectivity index (χ3v) is 2.39. The van der Waals surface area contributed by atoms with Crippen LogP contribution in [0.2, 0.25) is 0 Å². The van der Waals surface area contributed by atoms with Crippen molar-refractivity contribution in [1.29, 1.82) is 0 Å². The molecule has 1 heterocycles. The van der Waals surface area contributed by atoms with Gasteiger partial charge in [-0.15, -0.1) is 0 Å². The third-order valence-electron chi connectivity index (χ3n) is 2.39. The first kappa shape index (κ1) is 8.17. The Labute approximate surface area is 85.2 Å². The van der Waals surface area contributed by atoms with Crippen molar-refractivity contribution in [3.8, 4) is 0 Å². The van der Waals surface area contributed by atoms with E-state index in [1.54, 1.807) is 24.3 Å². The number of para-hydroxylation sites is 4. The van der Waals surface area contributed by atoms with Crippen molar-refractivity contribution in [2.24, 2.45) is 0 Å². The Morgan fingerprint density at radius 2 is 1.27 bits per heavy atom. The van der Waals surface area contributed by atoms with Gasteiger partial charge in [-0.3, -0.25) is 0 Å². The van der Waals surface area contributed by atoms with Crippen LogP contribution >= 0.6 is 0 Å². The number of rotatable bonds is 0. The number of aromatic nitrogens is 1. The summed E-state index contributed by atoms with van der Waals surface area (Å²) in [5, 5.41) is 0. The van der Waals surface area contributed by atoms with Crippen LogP contribution in [0.4, 0.5) is 0 Å². The number of hydrogen-bond donors (Lipinski definition) is 0. The van der Waals surface area contributed by atoms with E-state index >= 15 is 0 Å². The maximum atomic E-state index is 11.9. The van der Waals surface area contributed by atoms with E-state index in [4.69, 9.17) is 4.42 Å². The Morgan fingerprint density at radius 3 is 1.80 bits per heavy atom. The van der Waals surface area contributed by atoms with Crippen LogP contribution in [-0.2, 0) is 0 Å². The van der Waals surface area contributed by atoms with Crippen LogP contribution < -0.4 is 4.43 Å². The van der Waals surface area contributed by atoms with Crippen molar-refractivity contribution in [1.82, 2.24) is 0 Å². The quantitative estimate of drug-likeness (QED) is 0.411. The van der Waals surface area contributed by atoms with Crippen LogP contribution in [0, 0.1) is 4.91 Å². The summed E-state index contributed by atoms with van der Waals surface area (Å²) in [7, 11) is 0. The predicted octanol–water partition coefficient (Wildman–Crippen LogP) is 2.50. The Hall–Kier alpha value is -2.16. The zero-order valence-electron chi connectivity index (χ0n) is 7.88. The zero-order chi connectivity index (χ0) is 10.3. The van der Waals surface area contributed by atoms with Crippen molar-refractivity contribution in [2.75, 3.05) is 0 Å². The van der Waals surface area contributed by atoms with Crippen molar-refractivity contribution in [3.63, 3.8) is 0 Å². The standard InChI is InChI=1S/C12H8NO2/c14-13-9-5-1-3-7-11(9)15-12-8-4-2-6-10(12)13/h1-8H/q+1.